The highest BCUT2D eigenvalue weighted by molar-refractivity contribution is 5.83. The first-order valence-corrected chi connectivity index (χ1v) is 8.45. The molecule has 1 aliphatic rings. The van der Waals surface area contributed by atoms with Crippen LogP contribution in [0, 0.1) is 0 Å². The second-order valence-electron chi connectivity index (χ2n) is 6.13. The number of hydrogen-bond acceptors (Lipinski definition) is 4. The molecule has 5 heteroatoms. The van der Waals surface area contributed by atoms with Crippen LogP contribution >= 0.6 is 0 Å². The monoisotopic (exact) mass is 320 g/mol. The smallest absolute Gasteiger partial charge is 0.227 e. The average Bonchev–Trinajstić information content (AvgIpc) is 2.60. The molecule has 1 aliphatic heterocycles. The molecule has 5 nitrogen and oxygen atoms in total. The second-order valence-corrected chi connectivity index (χ2v) is 6.13. The summed E-state index contributed by atoms with van der Waals surface area (Å²) in [6.45, 7) is 7.96. The molecule has 0 radical (unpaired) electrons. The van der Waals surface area contributed by atoms with Gasteiger partial charge in [0.05, 0.1) is 25.2 Å². The lowest BCUT2D eigenvalue weighted by atomic mass is 9.98. The summed E-state index contributed by atoms with van der Waals surface area (Å²) in [5, 5.41) is 12.9. The van der Waals surface area contributed by atoms with Gasteiger partial charge in [0.25, 0.3) is 0 Å². The van der Waals surface area contributed by atoms with Crippen molar-refractivity contribution in [3.63, 3.8) is 0 Å². The maximum Gasteiger partial charge on any atom is 0.227 e. The van der Waals surface area contributed by atoms with Crippen LogP contribution in [0.15, 0.2) is 24.3 Å². The molecule has 23 heavy (non-hydrogen) atoms. The highest BCUT2D eigenvalue weighted by Crippen LogP contribution is 2.16. The molecule has 0 bridgehead atoms. The SMILES string of the molecule is CCc1ccc(C(C)C(=O)NCC(O)CN2CCOCC2)cc1. The van der Waals surface area contributed by atoms with E-state index in [1.165, 1.54) is 5.56 Å². The fourth-order valence-corrected chi connectivity index (χ4v) is 2.71. The fourth-order valence-electron chi connectivity index (χ4n) is 2.71. The lowest BCUT2D eigenvalue weighted by molar-refractivity contribution is -0.122. The zero-order valence-corrected chi connectivity index (χ0v) is 14.1. The fraction of sp³-hybridized carbons (Fsp3) is 0.611. The van der Waals surface area contributed by atoms with Crippen molar-refractivity contribution < 1.29 is 14.6 Å². The van der Waals surface area contributed by atoms with Crippen molar-refractivity contribution in [2.75, 3.05) is 39.4 Å². The van der Waals surface area contributed by atoms with E-state index in [2.05, 4.69) is 29.3 Å². The first-order valence-electron chi connectivity index (χ1n) is 8.45. The number of aliphatic hydroxyl groups is 1. The summed E-state index contributed by atoms with van der Waals surface area (Å²) in [5.74, 6) is -0.258. The highest BCUT2D eigenvalue weighted by Gasteiger charge is 2.18. The van der Waals surface area contributed by atoms with Gasteiger partial charge in [-0.05, 0) is 24.5 Å². The van der Waals surface area contributed by atoms with Gasteiger partial charge in [-0.25, -0.2) is 0 Å². The lowest BCUT2D eigenvalue weighted by Crippen LogP contribution is -2.45. The van der Waals surface area contributed by atoms with E-state index in [0.717, 1.165) is 25.1 Å². The van der Waals surface area contributed by atoms with Gasteiger partial charge in [-0.3, -0.25) is 9.69 Å². The Bertz CT molecular complexity index is 484. The predicted octanol–water partition coefficient (Wildman–Crippen LogP) is 1.16. The van der Waals surface area contributed by atoms with E-state index in [1.807, 2.05) is 19.1 Å². The molecule has 0 aromatic heterocycles. The number of rotatable bonds is 7. The third kappa shape index (κ3) is 5.61. The Kier molecular flexibility index (Phi) is 7.02. The minimum atomic E-state index is -0.549. The number of β-amino-alcohol motifs (C(OH)–C–C–N with tert-alkyl or cyclic N) is 1. The van der Waals surface area contributed by atoms with Gasteiger partial charge in [0.1, 0.15) is 0 Å². The molecule has 0 spiro atoms. The maximum atomic E-state index is 12.2. The van der Waals surface area contributed by atoms with Crippen LogP contribution in [0.4, 0.5) is 0 Å². The molecule has 1 fully saturated rings. The molecule has 2 atom stereocenters. The van der Waals surface area contributed by atoms with Gasteiger partial charge in [-0.1, -0.05) is 31.2 Å². The number of hydrogen-bond donors (Lipinski definition) is 2. The van der Waals surface area contributed by atoms with E-state index in [-0.39, 0.29) is 18.4 Å². The Hall–Kier alpha value is -1.43. The van der Waals surface area contributed by atoms with Crippen LogP contribution in [-0.4, -0.2) is 61.4 Å². The third-order valence-corrected chi connectivity index (χ3v) is 4.37. The number of nitrogens with one attached hydrogen (secondary N) is 1. The number of morpholine rings is 1. The normalized spacial score (nSPS) is 18.4. The topological polar surface area (TPSA) is 61.8 Å². The van der Waals surface area contributed by atoms with Crippen molar-refractivity contribution >= 4 is 5.91 Å². The number of benzene rings is 1. The van der Waals surface area contributed by atoms with Gasteiger partial charge in [0.15, 0.2) is 0 Å². The van der Waals surface area contributed by atoms with Gasteiger partial charge in [0.2, 0.25) is 5.91 Å². The van der Waals surface area contributed by atoms with E-state index in [9.17, 15) is 9.90 Å². The number of ether oxygens (including phenoxy) is 1. The minimum Gasteiger partial charge on any atom is -0.390 e. The van der Waals surface area contributed by atoms with Crippen molar-refractivity contribution in [2.45, 2.75) is 32.3 Å². The molecule has 2 N–H and O–H groups in total. The maximum absolute atomic E-state index is 12.2. The Balaban J connectivity index is 1.76. The Morgan fingerprint density at radius 2 is 1.96 bits per heavy atom. The molecule has 1 heterocycles. The van der Waals surface area contributed by atoms with Gasteiger partial charge in [-0.2, -0.15) is 0 Å². The first kappa shape index (κ1) is 17.9. The van der Waals surface area contributed by atoms with Crippen molar-refractivity contribution in [3.8, 4) is 0 Å². The van der Waals surface area contributed by atoms with Crippen LogP contribution in [0.5, 0.6) is 0 Å². The molecule has 128 valence electrons. The lowest BCUT2D eigenvalue weighted by Gasteiger charge is -2.28. The van der Waals surface area contributed by atoms with Crippen molar-refractivity contribution in [2.24, 2.45) is 0 Å². The summed E-state index contributed by atoms with van der Waals surface area (Å²) in [4.78, 5) is 14.4. The van der Waals surface area contributed by atoms with Crippen molar-refractivity contribution in [1.82, 2.24) is 10.2 Å². The first-order chi connectivity index (χ1) is 11.1. The van der Waals surface area contributed by atoms with Crippen molar-refractivity contribution in [3.05, 3.63) is 35.4 Å². The summed E-state index contributed by atoms with van der Waals surface area (Å²) < 4.78 is 5.28. The molecule has 2 rings (SSSR count). The summed E-state index contributed by atoms with van der Waals surface area (Å²) in [6.07, 6.45) is 0.445. The molecule has 1 saturated heterocycles. The molecule has 0 aliphatic carbocycles. The molecular weight excluding hydrogens is 292 g/mol. The van der Waals surface area contributed by atoms with E-state index in [0.29, 0.717) is 19.8 Å². The van der Waals surface area contributed by atoms with E-state index in [4.69, 9.17) is 4.74 Å². The molecular formula is C18H28N2O3. The zero-order valence-electron chi connectivity index (χ0n) is 14.1. The van der Waals surface area contributed by atoms with Crippen LogP contribution in [0.1, 0.15) is 30.9 Å². The van der Waals surface area contributed by atoms with Crippen LogP contribution in [0.25, 0.3) is 0 Å². The molecule has 2 unspecified atom stereocenters. The number of nitrogens with zero attached hydrogens (tertiary/aromatic N) is 1. The highest BCUT2D eigenvalue weighted by atomic mass is 16.5. The van der Waals surface area contributed by atoms with Gasteiger partial charge in [-0.15, -0.1) is 0 Å². The van der Waals surface area contributed by atoms with Crippen LogP contribution in [0.3, 0.4) is 0 Å². The van der Waals surface area contributed by atoms with E-state index in [1.54, 1.807) is 0 Å². The van der Waals surface area contributed by atoms with Gasteiger partial charge >= 0.3 is 0 Å². The molecule has 1 aromatic rings. The zero-order chi connectivity index (χ0) is 16.7. The predicted molar refractivity (Wildman–Crippen MR) is 90.5 cm³/mol. The summed E-state index contributed by atoms with van der Waals surface area (Å²) >= 11 is 0. The Morgan fingerprint density at radius 3 is 2.57 bits per heavy atom. The van der Waals surface area contributed by atoms with Crippen LogP contribution in [-0.2, 0) is 16.0 Å². The van der Waals surface area contributed by atoms with Gasteiger partial charge < -0.3 is 15.2 Å². The number of amides is 1. The number of carbonyl (C=O) groups excluding carboxylic acids is 1. The van der Waals surface area contributed by atoms with E-state index < -0.39 is 6.10 Å². The second kappa shape index (κ2) is 9.01. The summed E-state index contributed by atoms with van der Waals surface area (Å²) in [7, 11) is 0. The largest absolute Gasteiger partial charge is 0.390 e. The molecule has 0 saturated carbocycles. The van der Waals surface area contributed by atoms with Crippen molar-refractivity contribution in [1.29, 1.82) is 0 Å². The summed E-state index contributed by atoms with van der Waals surface area (Å²) in [5.41, 5.74) is 2.27. The number of carbonyl (C=O) groups is 1. The standard InChI is InChI=1S/C18H28N2O3/c1-3-15-4-6-16(7-5-15)14(2)18(22)19-12-17(21)13-20-8-10-23-11-9-20/h4-7,14,17,21H,3,8-13H2,1-2H3,(H,19,22). The Labute approximate surface area is 138 Å². The molecule has 1 aromatic carbocycles. The average molecular weight is 320 g/mol. The third-order valence-electron chi connectivity index (χ3n) is 4.37. The number of aryl methyl sites for hydroxylation is 1. The van der Waals surface area contributed by atoms with Gasteiger partial charge in [0, 0.05) is 26.2 Å². The van der Waals surface area contributed by atoms with E-state index >= 15 is 0 Å². The van der Waals surface area contributed by atoms with Crippen LogP contribution < -0.4 is 5.32 Å². The number of aliphatic hydroxyl groups excluding tert-OH is 1. The molecule has 1 amide bonds. The quantitative estimate of drug-likeness (QED) is 0.791. The summed E-state index contributed by atoms with van der Waals surface area (Å²) in [6, 6.07) is 8.14. The Morgan fingerprint density at radius 1 is 1.30 bits per heavy atom. The minimum absolute atomic E-state index is 0.0460. The van der Waals surface area contributed by atoms with Crippen LogP contribution in [0.2, 0.25) is 0 Å².